The molecule has 1 saturated heterocycles. The van der Waals surface area contributed by atoms with E-state index in [1.807, 2.05) is 4.90 Å². The van der Waals surface area contributed by atoms with E-state index in [9.17, 15) is 14.7 Å². The molecule has 1 N–H and O–H groups in total. The van der Waals surface area contributed by atoms with E-state index in [0.29, 0.717) is 36.6 Å². The van der Waals surface area contributed by atoms with Gasteiger partial charge in [0.2, 0.25) is 0 Å². The molecule has 21 heavy (non-hydrogen) atoms. The molecule has 1 fully saturated rings. The summed E-state index contributed by atoms with van der Waals surface area (Å²) >= 11 is 1.51. The fourth-order valence-electron chi connectivity index (χ4n) is 2.15. The third kappa shape index (κ3) is 5.77. The number of amides is 2. The molecule has 0 saturated carbocycles. The van der Waals surface area contributed by atoms with Crippen molar-refractivity contribution in [3.8, 4) is 0 Å². The van der Waals surface area contributed by atoms with Gasteiger partial charge in [-0.1, -0.05) is 27.7 Å². The third-order valence-electron chi connectivity index (χ3n) is 3.64. The molecular formula is C15H28N2O3S. The van der Waals surface area contributed by atoms with Crippen molar-refractivity contribution in [3.63, 3.8) is 0 Å². The van der Waals surface area contributed by atoms with Crippen molar-refractivity contribution in [2.45, 2.75) is 46.6 Å². The van der Waals surface area contributed by atoms with E-state index in [1.54, 1.807) is 0 Å². The van der Waals surface area contributed by atoms with Crippen LogP contribution in [-0.2, 0) is 4.79 Å². The number of carbonyl (C=O) groups is 2. The normalized spacial score (nSPS) is 18.6. The summed E-state index contributed by atoms with van der Waals surface area (Å²) in [6.07, 6.45) is 1.89. The number of aliphatic carboxylic acids is 1. The largest absolute Gasteiger partial charge is 0.480 e. The van der Waals surface area contributed by atoms with Crippen LogP contribution >= 0.6 is 11.8 Å². The summed E-state index contributed by atoms with van der Waals surface area (Å²) in [4.78, 5) is 27.2. The van der Waals surface area contributed by atoms with Crippen LogP contribution in [0.25, 0.3) is 0 Å². The summed E-state index contributed by atoms with van der Waals surface area (Å²) in [7, 11) is 0. The summed E-state index contributed by atoms with van der Waals surface area (Å²) in [5, 5.41) is 9.22. The SMILES string of the molecule is CC(C)CCN(CCC(C)C)C(=O)N1CSC[C@H]1C(=O)O. The van der Waals surface area contributed by atoms with E-state index < -0.39 is 12.0 Å². The second-order valence-corrected chi connectivity index (χ2v) is 7.46. The number of carbonyl (C=O) groups excluding carboxylic acids is 1. The van der Waals surface area contributed by atoms with Crippen molar-refractivity contribution in [1.82, 2.24) is 9.80 Å². The van der Waals surface area contributed by atoms with Gasteiger partial charge in [0, 0.05) is 18.8 Å². The topological polar surface area (TPSA) is 60.9 Å². The molecule has 0 spiro atoms. The van der Waals surface area contributed by atoms with Crippen LogP contribution in [0.1, 0.15) is 40.5 Å². The quantitative estimate of drug-likeness (QED) is 0.784. The van der Waals surface area contributed by atoms with Crippen LogP contribution in [0.5, 0.6) is 0 Å². The first-order chi connectivity index (χ1) is 9.82. The number of hydrogen-bond acceptors (Lipinski definition) is 3. The number of rotatable bonds is 7. The highest BCUT2D eigenvalue weighted by atomic mass is 32.2. The lowest BCUT2D eigenvalue weighted by molar-refractivity contribution is -0.140. The summed E-state index contributed by atoms with van der Waals surface area (Å²) in [5.74, 6) is 1.13. The van der Waals surface area contributed by atoms with E-state index in [-0.39, 0.29) is 6.03 Å². The molecule has 6 heteroatoms. The predicted octanol–water partition coefficient (Wildman–Crippen LogP) is 2.96. The summed E-state index contributed by atoms with van der Waals surface area (Å²) in [6.45, 7) is 9.95. The molecule has 0 unspecified atom stereocenters. The Bertz CT molecular complexity index is 349. The Morgan fingerprint density at radius 3 is 2.14 bits per heavy atom. The van der Waals surface area contributed by atoms with Gasteiger partial charge in [0.1, 0.15) is 6.04 Å². The van der Waals surface area contributed by atoms with Crippen LogP contribution in [0.4, 0.5) is 4.79 Å². The van der Waals surface area contributed by atoms with Gasteiger partial charge in [-0.15, -0.1) is 11.8 Å². The average Bonchev–Trinajstić information content (AvgIpc) is 2.86. The fourth-order valence-corrected chi connectivity index (χ4v) is 3.29. The number of urea groups is 1. The van der Waals surface area contributed by atoms with Crippen molar-refractivity contribution in [2.24, 2.45) is 11.8 Å². The minimum absolute atomic E-state index is 0.117. The molecule has 122 valence electrons. The van der Waals surface area contributed by atoms with Crippen LogP contribution in [0.2, 0.25) is 0 Å². The Morgan fingerprint density at radius 2 is 1.71 bits per heavy atom. The van der Waals surface area contributed by atoms with Crippen molar-refractivity contribution >= 4 is 23.8 Å². The van der Waals surface area contributed by atoms with Crippen molar-refractivity contribution in [2.75, 3.05) is 24.7 Å². The van der Waals surface area contributed by atoms with Crippen molar-refractivity contribution in [3.05, 3.63) is 0 Å². The van der Waals surface area contributed by atoms with E-state index in [4.69, 9.17) is 0 Å². The second-order valence-electron chi connectivity index (χ2n) is 6.46. The molecule has 1 aliphatic rings. The summed E-state index contributed by atoms with van der Waals surface area (Å²) < 4.78 is 0. The Hall–Kier alpha value is -0.910. The lowest BCUT2D eigenvalue weighted by Crippen LogP contribution is -2.49. The maximum atomic E-state index is 12.7. The van der Waals surface area contributed by atoms with Crippen LogP contribution in [0.15, 0.2) is 0 Å². The highest BCUT2D eigenvalue weighted by Crippen LogP contribution is 2.23. The summed E-state index contributed by atoms with van der Waals surface area (Å²) in [5.41, 5.74) is 0. The minimum atomic E-state index is -0.902. The fraction of sp³-hybridized carbons (Fsp3) is 0.867. The number of thioether (sulfide) groups is 1. The van der Waals surface area contributed by atoms with Crippen LogP contribution in [0.3, 0.4) is 0 Å². The van der Waals surface area contributed by atoms with Gasteiger partial charge in [0.05, 0.1) is 5.88 Å². The Balaban J connectivity index is 2.70. The van der Waals surface area contributed by atoms with Gasteiger partial charge in [-0.25, -0.2) is 9.59 Å². The lowest BCUT2D eigenvalue weighted by atomic mass is 10.1. The Kier molecular flexibility index (Phi) is 7.35. The van der Waals surface area contributed by atoms with Crippen LogP contribution in [-0.4, -0.2) is 57.7 Å². The number of hydrogen-bond donors (Lipinski definition) is 1. The van der Waals surface area contributed by atoms with Gasteiger partial charge in [0.15, 0.2) is 0 Å². The molecule has 1 rings (SSSR count). The number of carboxylic acid groups (broad SMARTS) is 1. The standard InChI is InChI=1S/C15H28N2O3S/c1-11(2)5-7-16(8-6-12(3)4)15(20)17-10-21-9-13(17)14(18)19/h11-13H,5-10H2,1-4H3,(H,18,19)/t13-/m0/s1. The summed E-state index contributed by atoms with van der Waals surface area (Å²) in [6, 6.07) is -0.795. The van der Waals surface area contributed by atoms with E-state index in [0.717, 1.165) is 12.8 Å². The zero-order chi connectivity index (χ0) is 16.0. The maximum Gasteiger partial charge on any atom is 0.327 e. The zero-order valence-corrected chi connectivity index (χ0v) is 14.4. The van der Waals surface area contributed by atoms with Crippen molar-refractivity contribution in [1.29, 1.82) is 0 Å². The first-order valence-electron chi connectivity index (χ1n) is 7.69. The van der Waals surface area contributed by atoms with E-state index in [2.05, 4.69) is 27.7 Å². The third-order valence-corrected chi connectivity index (χ3v) is 4.65. The van der Waals surface area contributed by atoms with Gasteiger partial charge in [-0.3, -0.25) is 0 Å². The van der Waals surface area contributed by atoms with Crippen LogP contribution < -0.4 is 0 Å². The molecule has 2 amide bonds. The first kappa shape index (κ1) is 18.1. The molecule has 1 aliphatic heterocycles. The van der Waals surface area contributed by atoms with Crippen molar-refractivity contribution < 1.29 is 14.7 Å². The van der Waals surface area contributed by atoms with E-state index >= 15 is 0 Å². The second kappa shape index (κ2) is 8.51. The number of nitrogens with zero attached hydrogens (tertiary/aromatic N) is 2. The minimum Gasteiger partial charge on any atom is -0.480 e. The molecule has 1 heterocycles. The molecule has 0 radical (unpaired) electrons. The Morgan fingerprint density at radius 1 is 1.19 bits per heavy atom. The van der Waals surface area contributed by atoms with Gasteiger partial charge in [-0.2, -0.15) is 0 Å². The number of carboxylic acids is 1. The molecule has 0 aromatic carbocycles. The van der Waals surface area contributed by atoms with Gasteiger partial charge >= 0.3 is 12.0 Å². The molecule has 1 atom stereocenters. The molecule has 5 nitrogen and oxygen atoms in total. The lowest BCUT2D eigenvalue weighted by Gasteiger charge is -2.30. The van der Waals surface area contributed by atoms with Gasteiger partial charge in [0.25, 0.3) is 0 Å². The molecule has 0 aromatic heterocycles. The molecule has 0 bridgehead atoms. The van der Waals surface area contributed by atoms with Gasteiger partial charge < -0.3 is 14.9 Å². The molecular weight excluding hydrogens is 288 g/mol. The van der Waals surface area contributed by atoms with Gasteiger partial charge in [-0.05, 0) is 24.7 Å². The molecule has 0 aliphatic carbocycles. The first-order valence-corrected chi connectivity index (χ1v) is 8.84. The smallest absolute Gasteiger partial charge is 0.327 e. The molecule has 0 aromatic rings. The van der Waals surface area contributed by atoms with Crippen LogP contribution in [0, 0.1) is 11.8 Å². The highest BCUT2D eigenvalue weighted by molar-refractivity contribution is 7.99. The zero-order valence-electron chi connectivity index (χ0n) is 13.5. The van der Waals surface area contributed by atoms with E-state index in [1.165, 1.54) is 16.7 Å². The highest BCUT2D eigenvalue weighted by Gasteiger charge is 2.36. The Labute approximate surface area is 132 Å². The monoisotopic (exact) mass is 316 g/mol. The predicted molar refractivity (Wildman–Crippen MR) is 86.5 cm³/mol. The maximum absolute atomic E-state index is 12.7. The average molecular weight is 316 g/mol.